The van der Waals surface area contributed by atoms with E-state index in [1.807, 2.05) is 30.3 Å². The number of benzene rings is 2. The van der Waals surface area contributed by atoms with Gasteiger partial charge in [-0.1, -0.05) is 35.5 Å². The van der Waals surface area contributed by atoms with Crippen LogP contribution in [-0.4, -0.2) is 30.3 Å². The number of methoxy groups -OCH3 is 2. The van der Waals surface area contributed by atoms with Gasteiger partial charge in [-0.25, -0.2) is 0 Å². The minimum absolute atomic E-state index is 0.159. The number of ether oxygens (including phenoxy) is 2. The number of hydrogen-bond acceptors (Lipinski definition) is 6. The van der Waals surface area contributed by atoms with Crippen molar-refractivity contribution in [3.8, 4) is 11.5 Å². The van der Waals surface area contributed by atoms with Gasteiger partial charge in [0.05, 0.1) is 32.7 Å². The van der Waals surface area contributed by atoms with Crippen LogP contribution >= 0.6 is 0 Å². The van der Waals surface area contributed by atoms with Crippen LogP contribution in [0.15, 0.2) is 53.1 Å². The van der Waals surface area contributed by atoms with Crippen LogP contribution in [0, 0.1) is 0 Å². The number of rotatable bonds is 7. The summed E-state index contributed by atoms with van der Waals surface area (Å²) in [6, 6.07) is 14.8. The Bertz CT molecular complexity index is 878. The molecule has 0 atom stereocenters. The molecule has 134 valence electrons. The van der Waals surface area contributed by atoms with Gasteiger partial charge < -0.3 is 19.3 Å². The van der Waals surface area contributed by atoms with E-state index in [2.05, 4.69) is 15.5 Å². The first-order valence-corrected chi connectivity index (χ1v) is 8.05. The van der Waals surface area contributed by atoms with E-state index >= 15 is 0 Å². The molecule has 0 spiro atoms. The SMILES string of the molecule is COc1ccc(C(=O)NCc2noc(Cc3ccccc3)n2)c(OC)c1. The molecule has 0 saturated carbocycles. The van der Waals surface area contributed by atoms with Crippen molar-refractivity contribution in [2.45, 2.75) is 13.0 Å². The maximum absolute atomic E-state index is 12.4. The average Bonchev–Trinajstić information content (AvgIpc) is 3.13. The largest absolute Gasteiger partial charge is 0.497 e. The summed E-state index contributed by atoms with van der Waals surface area (Å²) in [5.74, 6) is 1.67. The Morgan fingerprint density at radius 2 is 1.92 bits per heavy atom. The first-order valence-electron chi connectivity index (χ1n) is 8.05. The Labute approximate surface area is 150 Å². The molecule has 0 saturated heterocycles. The maximum Gasteiger partial charge on any atom is 0.255 e. The second kappa shape index (κ2) is 8.15. The fraction of sp³-hybridized carbons (Fsp3) is 0.211. The van der Waals surface area contributed by atoms with E-state index in [0.717, 1.165) is 5.56 Å². The van der Waals surface area contributed by atoms with Gasteiger partial charge in [-0.05, 0) is 17.7 Å². The van der Waals surface area contributed by atoms with E-state index in [9.17, 15) is 4.79 Å². The van der Waals surface area contributed by atoms with Crippen LogP contribution in [0.3, 0.4) is 0 Å². The van der Waals surface area contributed by atoms with Gasteiger partial charge in [0.2, 0.25) is 5.89 Å². The van der Waals surface area contributed by atoms with E-state index in [1.165, 1.54) is 7.11 Å². The Morgan fingerprint density at radius 3 is 2.65 bits per heavy atom. The van der Waals surface area contributed by atoms with E-state index in [-0.39, 0.29) is 12.5 Å². The Morgan fingerprint density at radius 1 is 1.12 bits per heavy atom. The van der Waals surface area contributed by atoms with Crippen molar-refractivity contribution in [1.29, 1.82) is 0 Å². The molecule has 0 fully saturated rings. The Hall–Kier alpha value is -3.35. The van der Waals surface area contributed by atoms with Crippen molar-refractivity contribution in [2.75, 3.05) is 14.2 Å². The van der Waals surface area contributed by atoms with Crippen LogP contribution in [0.5, 0.6) is 11.5 Å². The average molecular weight is 353 g/mol. The van der Waals surface area contributed by atoms with Crippen LogP contribution in [0.25, 0.3) is 0 Å². The molecule has 7 heteroatoms. The highest BCUT2D eigenvalue weighted by molar-refractivity contribution is 5.97. The summed E-state index contributed by atoms with van der Waals surface area (Å²) < 4.78 is 15.6. The molecular formula is C19H19N3O4. The number of nitrogens with one attached hydrogen (secondary N) is 1. The Balaban J connectivity index is 1.61. The fourth-order valence-electron chi connectivity index (χ4n) is 2.44. The molecule has 0 unspecified atom stereocenters. The standard InChI is InChI=1S/C19H19N3O4/c1-24-14-8-9-15(16(11-14)25-2)19(23)20-12-17-21-18(26-22-17)10-13-6-4-3-5-7-13/h3-9,11H,10,12H2,1-2H3,(H,20,23). The second-order valence-electron chi connectivity index (χ2n) is 5.52. The Kier molecular flexibility index (Phi) is 5.48. The van der Waals surface area contributed by atoms with Gasteiger partial charge in [0.25, 0.3) is 5.91 Å². The highest BCUT2D eigenvalue weighted by Crippen LogP contribution is 2.24. The summed E-state index contributed by atoms with van der Waals surface area (Å²) >= 11 is 0. The molecule has 0 aliphatic carbocycles. The highest BCUT2D eigenvalue weighted by atomic mass is 16.5. The third kappa shape index (κ3) is 4.18. The molecule has 7 nitrogen and oxygen atoms in total. The summed E-state index contributed by atoms with van der Waals surface area (Å²) in [7, 11) is 3.05. The van der Waals surface area contributed by atoms with Gasteiger partial charge >= 0.3 is 0 Å². The van der Waals surface area contributed by atoms with Gasteiger partial charge in [-0.3, -0.25) is 4.79 Å². The summed E-state index contributed by atoms with van der Waals surface area (Å²) in [6.45, 7) is 0.159. The zero-order valence-corrected chi connectivity index (χ0v) is 14.6. The van der Waals surface area contributed by atoms with Crippen molar-refractivity contribution >= 4 is 5.91 Å². The van der Waals surface area contributed by atoms with Crippen molar-refractivity contribution in [2.24, 2.45) is 0 Å². The quantitative estimate of drug-likeness (QED) is 0.703. The smallest absolute Gasteiger partial charge is 0.255 e. The van der Waals surface area contributed by atoms with Gasteiger partial charge in [0.15, 0.2) is 5.82 Å². The first-order chi connectivity index (χ1) is 12.7. The first kappa shape index (κ1) is 17.5. The van der Waals surface area contributed by atoms with Gasteiger partial charge in [-0.15, -0.1) is 0 Å². The lowest BCUT2D eigenvalue weighted by Gasteiger charge is -2.09. The summed E-state index contributed by atoms with van der Waals surface area (Å²) in [4.78, 5) is 16.7. The van der Waals surface area contributed by atoms with Gasteiger partial charge in [0, 0.05) is 6.07 Å². The van der Waals surface area contributed by atoms with E-state index in [4.69, 9.17) is 14.0 Å². The molecule has 1 N–H and O–H groups in total. The summed E-state index contributed by atoms with van der Waals surface area (Å²) in [6.07, 6.45) is 0.550. The van der Waals surface area contributed by atoms with Crippen molar-refractivity contribution in [1.82, 2.24) is 15.5 Å². The minimum atomic E-state index is -0.293. The predicted molar refractivity (Wildman–Crippen MR) is 94.3 cm³/mol. The van der Waals surface area contributed by atoms with Crippen molar-refractivity contribution < 1.29 is 18.8 Å². The lowest BCUT2D eigenvalue weighted by Crippen LogP contribution is -2.24. The molecular weight excluding hydrogens is 334 g/mol. The van der Waals surface area contributed by atoms with Gasteiger partial charge in [-0.2, -0.15) is 4.98 Å². The zero-order valence-electron chi connectivity index (χ0n) is 14.6. The monoisotopic (exact) mass is 353 g/mol. The molecule has 2 aromatic carbocycles. The predicted octanol–water partition coefficient (Wildman–Crippen LogP) is 2.61. The topological polar surface area (TPSA) is 86.5 Å². The third-order valence-electron chi connectivity index (χ3n) is 3.77. The number of carbonyl (C=O) groups excluding carboxylic acids is 1. The van der Waals surface area contributed by atoms with Crippen LogP contribution in [0.2, 0.25) is 0 Å². The van der Waals surface area contributed by atoms with Crippen molar-refractivity contribution in [3.63, 3.8) is 0 Å². The molecule has 0 aliphatic heterocycles. The van der Waals surface area contributed by atoms with E-state index in [1.54, 1.807) is 25.3 Å². The molecule has 3 rings (SSSR count). The number of nitrogens with zero attached hydrogens (tertiary/aromatic N) is 2. The molecule has 0 radical (unpaired) electrons. The van der Waals surface area contributed by atoms with Crippen molar-refractivity contribution in [3.05, 3.63) is 71.4 Å². The number of aromatic nitrogens is 2. The summed E-state index contributed by atoms with van der Waals surface area (Å²) in [5.41, 5.74) is 1.48. The molecule has 0 bridgehead atoms. The number of hydrogen-bond donors (Lipinski definition) is 1. The molecule has 26 heavy (non-hydrogen) atoms. The molecule has 1 amide bonds. The van der Waals surface area contributed by atoms with Crippen LogP contribution in [-0.2, 0) is 13.0 Å². The third-order valence-corrected chi connectivity index (χ3v) is 3.77. The summed E-state index contributed by atoms with van der Waals surface area (Å²) in [5, 5.41) is 6.66. The molecule has 0 aliphatic rings. The van der Waals surface area contributed by atoms with Crippen LogP contribution in [0.4, 0.5) is 0 Å². The molecule has 1 heterocycles. The maximum atomic E-state index is 12.4. The molecule has 1 aromatic heterocycles. The van der Waals surface area contributed by atoms with E-state index in [0.29, 0.717) is 35.2 Å². The normalized spacial score (nSPS) is 10.4. The lowest BCUT2D eigenvalue weighted by molar-refractivity contribution is 0.0946. The highest BCUT2D eigenvalue weighted by Gasteiger charge is 2.14. The van der Waals surface area contributed by atoms with E-state index < -0.39 is 0 Å². The number of amides is 1. The fourth-order valence-corrected chi connectivity index (χ4v) is 2.44. The minimum Gasteiger partial charge on any atom is -0.497 e. The van der Waals surface area contributed by atoms with Crippen LogP contribution < -0.4 is 14.8 Å². The van der Waals surface area contributed by atoms with Gasteiger partial charge in [0.1, 0.15) is 11.5 Å². The second-order valence-corrected chi connectivity index (χ2v) is 5.52. The lowest BCUT2D eigenvalue weighted by atomic mass is 10.1. The van der Waals surface area contributed by atoms with Crippen LogP contribution in [0.1, 0.15) is 27.6 Å². The number of carbonyl (C=O) groups is 1. The zero-order chi connectivity index (χ0) is 18.4. The molecule has 3 aromatic rings.